The van der Waals surface area contributed by atoms with Gasteiger partial charge >= 0.3 is 0 Å². The van der Waals surface area contributed by atoms with Crippen molar-refractivity contribution in [3.05, 3.63) is 51.6 Å². The van der Waals surface area contributed by atoms with Crippen molar-refractivity contribution >= 4 is 22.6 Å². The molecule has 3 nitrogen and oxygen atoms in total. The van der Waals surface area contributed by atoms with Gasteiger partial charge in [0.05, 0.1) is 17.8 Å². The van der Waals surface area contributed by atoms with Gasteiger partial charge in [0, 0.05) is 0 Å². The minimum atomic E-state index is 0.500. The molecule has 2 rings (SSSR count). The van der Waals surface area contributed by atoms with Gasteiger partial charge in [-0.25, -0.2) is 0 Å². The number of rotatable bonds is 5. The van der Waals surface area contributed by atoms with Crippen molar-refractivity contribution in [1.29, 1.82) is 0 Å². The first-order valence-electron chi connectivity index (χ1n) is 5.83. The van der Waals surface area contributed by atoms with E-state index < -0.39 is 0 Å². The van der Waals surface area contributed by atoms with Crippen LogP contribution >= 0.6 is 22.6 Å². The monoisotopic (exact) mass is 370 g/mol. The Balaban J connectivity index is 2.09. The highest BCUT2D eigenvalue weighted by Gasteiger charge is 2.08. The largest absolute Gasteiger partial charge is 0.497 e. The predicted octanol–water partition coefficient (Wildman–Crippen LogP) is 3.89. The van der Waals surface area contributed by atoms with Crippen molar-refractivity contribution in [2.24, 2.45) is 0 Å². The molecule has 0 aliphatic heterocycles. The van der Waals surface area contributed by atoms with E-state index in [2.05, 4.69) is 22.6 Å². The lowest BCUT2D eigenvalue weighted by Gasteiger charge is -2.12. The van der Waals surface area contributed by atoms with E-state index in [0.717, 1.165) is 26.4 Å². The Morgan fingerprint density at radius 1 is 0.947 bits per heavy atom. The molecule has 0 atom stereocenters. The minimum absolute atomic E-state index is 0.500. The Kier molecular flexibility index (Phi) is 4.90. The Labute approximate surface area is 126 Å². The maximum atomic E-state index is 5.85. The summed E-state index contributed by atoms with van der Waals surface area (Å²) >= 11 is 2.24. The molecule has 19 heavy (non-hydrogen) atoms. The van der Waals surface area contributed by atoms with Gasteiger partial charge in [-0.1, -0.05) is 18.2 Å². The molecule has 0 fully saturated rings. The Hall–Kier alpha value is -1.43. The average Bonchev–Trinajstić information content (AvgIpc) is 2.46. The second kappa shape index (κ2) is 6.65. The molecule has 0 spiro atoms. The third kappa shape index (κ3) is 3.53. The van der Waals surface area contributed by atoms with Crippen molar-refractivity contribution in [1.82, 2.24) is 0 Å². The molecule has 0 radical (unpaired) electrons. The van der Waals surface area contributed by atoms with E-state index in [1.807, 2.05) is 42.5 Å². The number of benzene rings is 2. The van der Waals surface area contributed by atoms with Crippen LogP contribution in [0, 0.1) is 3.57 Å². The number of ether oxygens (including phenoxy) is 3. The maximum Gasteiger partial charge on any atom is 0.174 e. The van der Waals surface area contributed by atoms with Gasteiger partial charge in [-0.15, -0.1) is 0 Å². The van der Waals surface area contributed by atoms with Crippen LogP contribution in [-0.2, 0) is 6.61 Å². The third-order valence-electron chi connectivity index (χ3n) is 2.69. The predicted molar refractivity (Wildman–Crippen MR) is 83.0 cm³/mol. The lowest BCUT2D eigenvalue weighted by Crippen LogP contribution is -1.99. The molecule has 0 aromatic heterocycles. The zero-order chi connectivity index (χ0) is 13.7. The van der Waals surface area contributed by atoms with Gasteiger partial charge in [0.15, 0.2) is 11.5 Å². The Bertz CT molecular complexity index is 538. The summed E-state index contributed by atoms with van der Waals surface area (Å²) in [5.41, 5.74) is 1.09. The zero-order valence-electron chi connectivity index (χ0n) is 10.9. The highest BCUT2D eigenvalue weighted by atomic mass is 127. The zero-order valence-corrected chi connectivity index (χ0v) is 13.0. The van der Waals surface area contributed by atoms with Crippen LogP contribution in [-0.4, -0.2) is 14.2 Å². The lowest BCUT2D eigenvalue weighted by atomic mass is 10.2. The molecule has 0 amide bonds. The molecule has 0 unspecified atom stereocenters. The lowest BCUT2D eigenvalue weighted by molar-refractivity contribution is 0.282. The fourth-order valence-corrected chi connectivity index (χ4v) is 2.30. The van der Waals surface area contributed by atoms with Crippen molar-refractivity contribution < 1.29 is 14.2 Å². The summed E-state index contributed by atoms with van der Waals surface area (Å²) < 4.78 is 17.3. The van der Waals surface area contributed by atoms with E-state index in [4.69, 9.17) is 14.2 Å². The van der Waals surface area contributed by atoms with Crippen LogP contribution in [0.15, 0.2) is 42.5 Å². The van der Waals surface area contributed by atoms with Crippen LogP contribution in [0.1, 0.15) is 5.56 Å². The smallest absolute Gasteiger partial charge is 0.174 e. The van der Waals surface area contributed by atoms with Gasteiger partial charge in [0.1, 0.15) is 12.4 Å². The quantitative estimate of drug-likeness (QED) is 0.748. The van der Waals surface area contributed by atoms with Crippen molar-refractivity contribution in [2.45, 2.75) is 6.61 Å². The first-order valence-corrected chi connectivity index (χ1v) is 6.90. The number of hydrogen-bond acceptors (Lipinski definition) is 3. The van der Waals surface area contributed by atoms with Crippen molar-refractivity contribution in [3.63, 3.8) is 0 Å². The summed E-state index contributed by atoms with van der Waals surface area (Å²) in [6, 6.07) is 13.7. The SMILES string of the molecule is COc1ccc(COc2c(I)cccc2OC)cc1. The summed E-state index contributed by atoms with van der Waals surface area (Å²) in [5, 5.41) is 0. The summed E-state index contributed by atoms with van der Waals surface area (Å²) in [4.78, 5) is 0. The van der Waals surface area contributed by atoms with Gasteiger partial charge < -0.3 is 14.2 Å². The number of para-hydroxylation sites is 1. The molecule has 0 N–H and O–H groups in total. The van der Waals surface area contributed by atoms with Gasteiger partial charge in [-0.2, -0.15) is 0 Å². The molecular formula is C15H15IO3. The van der Waals surface area contributed by atoms with Crippen LogP contribution in [0.5, 0.6) is 17.2 Å². The van der Waals surface area contributed by atoms with Gasteiger partial charge in [-0.3, -0.25) is 0 Å². The topological polar surface area (TPSA) is 27.7 Å². The summed E-state index contributed by atoms with van der Waals surface area (Å²) in [6.07, 6.45) is 0. The molecule has 4 heteroatoms. The highest BCUT2D eigenvalue weighted by Crippen LogP contribution is 2.32. The second-order valence-corrected chi connectivity index (χ2v) is 5.07. The van der Waals surface area contributed by atoms with Crippen molar-refractivity contribution in [3.8, 4) is 17.2 Å². The molecule has 2 aromatic carbocycles. The highest BCUT2D eigenvalue weighted by molar-refractivity contribution is 14.1. The van der Waals surface area contributed by atoms with Crippen LogP contribution in [0.2, 0.25) is 0 Å². The Morgan fingerprint density at radius 3 is 2.32 bits per heavy atom. The standard InChI is InChI=1S/C15H15IO3/c1-17-12-8-6-11(7-9-12)10-19-15-13(16)4-3-5-14(15)18-2/h3-9H,10H2,1-2H3. The first kappa shape index (κ1) is 14.0. The van der Waals surface area contributed by atoms with Crippen molar-refractivity contribution in [2.75, 3.05) is 14.2 Å². The van der Waals surface area contributed by atoms with Gasteiger partial charge in [-0.05, 0) is 52.4 Å². The van der Waals surface area contributed by atoms with E-state index in [-0.39, 0.29) is 0 Å². The number of hydrogen-bond donors (Lipinski definition) is 0. The molecule has 2 aromatic rings. The van der Waals surface area contributed by atoms with E-state index in [1.54, 1.807) is 14.2 Å². The van der Waals surface area contributed by atoms with Gasteiger partial charge in [0.25, 0.3) is 0 Å². The molecule has 0 heterocycles. The van der Waals surface area contributed by atoms with Crippen LogP contribution in [0.4, 0.5) is 0 Å². The van der Waals surface area contributed by atoms with Crippen LogP contribution in [0.25, 0.3) is 0 Å². The average molecular weight is 370 g/mol. The fourth-order valence-electron chi connectivity index (χ4n) is 1.67. The Morgan fingerprint density at radius 2 is 1.68 bits per heavy atom. The maximum absolute atomic E-state index is 5.85. The molecule has 0 aliphatic rings. The van der Waals surface area contributed by atoms with E-state index in [9.17, 15) is 0 Å². The fraction of sp³-hybridized carbons (Fsp3) is 0.200. The summed E-state index contributed by atoms with van der Waals surface area (Å²) in [7, 11) is 3.30. The molecule has 100 valence electrons. The van der Waals surface area contributed by atoms with Gasteiger partial charge in [0.2, 0.25) is 0 Å². The molecule has 0 saturated carbocycles. The van der Waals surface area contributed by atoms with Crippen LogP contribution in [0.3, 0.4) is 0 Å². The number of methoxy groups -OCH3 is 2. The molecule has 0 aliphatic carbocycles. The minimum Gasteiger partial charge on any atom is -0.497 e. The normalized spacial score (nSPS) is 10.1. The molecular weight excluding hydrogens is 355 g/mol. The van der Waals surface area contributed by atoms with E-state index in [1.165, 1.54) is 0 Å². The summed E-state index contributed by atoms with van der Waals surface area (Å²) in [6.45, 7) is 0.500. The van der Waals surface area contributed by atoms with E-state index >= 15 is 0 Å². The molecule has 0 bridgehead atoms. The summed E-state index contributed by atoms with van der Waals surface area (Å²) in [5.74, 6) is 2.37. The first-order chi connectivity index (χ1) is 9.24. The third-order valence-corrected chi connectivity index (χ3v) is 3.54. The second-order valence-electron chi connectivity index (χ2n) is 3.91. The van der Waals surface area contributed by atoms with E-state index in [0.29, 0.717) is 6.61 Å². The number of halogens is 1. The molecule has 0 saturated heterocycles. The van der Waals surface area contributed by atoms with Crippen LogP contribution < -0.4 is 14.2 Å².